The fraction of sp³-hybridized carbons (Fsp3) is 0.524. The summed E-state index contributed by atoms with van der Waals surface area (Å²) in [6, 6.07) is 0. The quantitative estimate of drug-likeness (QED) is 0.0548. The third kappa shape index (κ3) is 6.40. The number of hydrogen-bond donors (Lipinski definition) is 10. The largest absolute Gasteiger partial charge is 0.480 e. The number of H-pyrrole nitrogens is 2. The number of rotatable bonds is 10. The third-order valence-electron chi connectivity index (χ3n) is 7.47. The van der Waals surface area contributed by atoms with E-state index in [0.29, 0.717) is 0 Å². The van der Waals surface area contributed by atoms with E-state index in [2.05, 4.69) is 29.2 Å². The van der Waals surface area contributed by atoms with Crippen LogP contribution >= 0.6 is 26.0 Å². The van der Waals surface area contributed by atoms with Gasteiger partial charge in [-0.3, -0.25) is 33.2 Å². The number of nitrogens with one attached hydrogen (secondary N) is 2. The molecular formula is C21H29N10O14P2S+. The number of anilines is 2. The number of hydrogen-bond acceptors (Lipinski definition) is 18. The highest BCUT2D eigenvalue weighted by molar-refractivity contribution is 8.55. The zero-order chi connectivity index (χ0) is 34.9. The molecule has 6 heterocycles. The van der Waals surface area contributed by atoms with Crippen LogP contribution in [0, 0.1) is 0 Å². The minimum absolute atomic E-state index is 0.0167. The van der Waals surface area contributed by atoms with Crippen molar-refractivity contribution >= 4 is 60.2 Å². The summed E-state index contributed by atoms with van der Waals surface area (Å²) in [6.45, 7) is -5.95. The second-order valence-corrected chi connectivity index (χ2v) is 16.3. The van der Waals surface area contributed by atoms with Crippen LogP contribution in [0.4, 0.5) is 11.9 Å². The first kappa shape index (κ1) is 34.6. The van der Waals surface area contributed by atoms with Gasteiger partial charge >= 0.3 is 20.3 Å². The van der Waals surface area contributed by atoms with Crippen molar-refractivity contribution < 1.29 is 62.2 Å². The molecular weight excluding hydrogens is 710 g/mol. The maximum Gasteiger partial charge on any atom is 0.480 e. The molecule has 4 aromatic heterocycles. The highest BCUT2D eigenvalue weighted by atomic mass is 32.7. The first-order valence-electron chi connectivity index (χ1n) is 13.6. The summed E-state index contributed by atoms with van der Waals surface area (Å²) >= 11 is 0.0800. The van der Waals surface area contributed by atoms with Crippen LogP contribution in [0.15, 0.2) is 22.2 Å². The molecule has 4 aromatic rings. The predicted molar refractivity (Wildman–Crippen MR) is 159 cm³/mol. The molecule has 48 heavy (non-hydrogen) atoms. The number of aromatic nitrogens is 8. The molecule has 2 aliphatic rings. The van der Waals surface area contributed by atoms with Crippen molar-refractivity contribution in [3.63, 3.8) is 0 Å². The Morgan fingerprint density at radius 1 is 1.00 bits per heavy atom. The van der Waals surface area contributed by atoms with Gasteiger partial charge in [-0.25, -0.2) is 18.7 Å². The van der Waals surface area contributed by atoms with Crippen molar-refractivity contribution in [2.75, 3.05) is 23.8 Å². The standard InChI is InChI=1S/C21H28N10O14P2S/c1-29-5-31(15-9(29)17(37)28-21(23)26-15)19-13(35)11(33)7(44-19)3-48-47(40,41)45-46(38,39)42-2-6-10(32)12(34)18(43-6)30-4-24-8-14(30)25-20(22)27-16(8)36/h4-7,10-13,18-19,32-35H,2-3H2,1H3,(H7-,22,23,25,26,27,28,36,37,38,39,40,41)/p+1/t6-,7-,10?,11?,12+,13+,18-,19-/m1/s1. The fourth-order valence-corrected chi connectivity index (χ4v) is 9.85. The van der Waals surface area contributed by atoms with Crippen LogP contribution in [0.25, 0.3) is 22.3 Å². The first-order chi connectivity index (χ1) is 22.5. The number of aliphatic hydroxyl groups excluding tert-OH is 4. The molecule has 24 nitrogen and oxygen atoms in total. The lowest BCUT2D eigenvalue weighted by molar-refractivity contribution is -0.745. The zero-order valence-corrected chi connectivity index (χ0v) is 26.9. The Hall–Kier alpha value is -3.29. The number of nitrogen functional groups attached to an aromatic ring is 2. The first-order valence-corrected chi connectivity index (χ1v) is 18.3. The molecule has 12 N–H and O–H groups in total. The highest BCUT2D eigenvalue weighted by Crippen LogP contribution is 2.67. The molecule has 262 valence electrons. The van der Waals surface area contributed by atoms with E-state index in [4.69, 9.17) is 25.5 Å². The summed E-state index contributed by atoms with van der Waals surface area (Å²) in [5.41, 5.74) is 9.80. The van der Waals surface area contributed by atoms with Crippen molar-refractivity contribution in [2.24, 2.45) is 7.05 Å². The molecule has 0 bridgehead atoms. The number of fused-ring (bicyclic) bond motifs is 2. The van der Waals surface area contributed by atoms with Gasteiger partial charge in [-0.05, 0) is 11.4 Å². The van der Waals surface area contributed by atoms with Crippen molar-refractivity contribution in [1.29, 1.82) is 0 Å². The second kappa shape index (κ2) is 12.5. The molecule has 0 aromatic carbocycles. The molecule has 4 unspecified atom stereocenters. The Morgan fingerprint density at radius 3 is 2.40 bits per heavy atom. The molecule has 2 aliphatic heterocycles. The molecule has 10 atom stereocenters. The number of phosphoric acid groups is 1. The lowest BCUT2D eigenvalue weighted by Gasteiger charge is -2.20. The SMILES string of the molecule is Cn1c[n+]([C@@H]2O[C@H](CSP(=O)(O)OP(=O)(O)OC[C@H]3O[C@@H](n4cnc5c(=O)[nH]c(N)nc54)[C@@H](O)C3O)C(O)[C@@H]2O)c2nc(N)[nH]c(=O)c21. The third-order valence-corrected chi connectivity index (χ3v) is 12.4. The summed E-state index contributed by atoms with van der Waals surface area (Å²) < 4.78 is 49.5. The Labute approximate surface area is 269 Å². The van der Waals surface area contributed by atoms with Crippen molar-refractivity contribution in [2.45, 2.75) is 49.1 Å². The van der Waals surface area contributed by atoms with Crippen molar-refractivity contribution in [3.05, 3.63) is 33.4 Å². The van der Waals surface area contributed by atoms with Gasteiger partial charge in [0.15, 0.2) is 23.7 Å². The van der Waals surface area contributed by atoms with Crippen molar-refractivity contribution in [3.8, 4) is 0 Å². The summed E-state index contributed by atoms with van der Waals surface area (Å²) in [4.78, 5) is 61.3. The fourth-order valence-electron chi connectivity index (χ4n) is 5.29. The van der Waals surface area contributed by atoms with Gasteiger partial charge in [-0.15, -0.1) is 0 Å². The van der Waals surface area contributed by atoms with Crippen LogP contribution < -0.4 is 27.2 Å². The number of nitrogens with zero attached hydrogens (tertiary/aromatic N) is 6. The Balaban J connectivity index is 1.07. The number of aryl methyl sites for hydroxylation is 1. The average Bonchev–Trinajstić information content (AvgIpc) is 3.70. The molecule has 2 saturated heterocycles. The molecule has 0 spiro atoms. The van der Waals surface area contributed by atoms with Crippen LogP contribution in [-0.4, -0.2) is 113 Å². The van der Waals surface area contributed by atoms with Gasteiger partial charge in [0.05, 0.1) is 26.1 Å². The lowest BCUT2D eigenvalue weighted by atomic mass is 10.1. The number of phosphoric ester groups is 1. The van der Waals surface area contributed by atoms with Gasteiger partial charge in [0.1, 0.15) is 30.5 Å². The minimum Gasteiger partial charge on any atom is -0.387 e. The van der Waals surface area contributed by atoms with E-state index in [9.17, 15) is 48.9 Å². The number of ether oxygens (including phenoxy) is 2. The monoisotopic (exact) mass is 739 g/mol. The molecule has 2 fully saturated rings. The average molecular weight is 740 g/mol. The maximum atomic E-state index is 12.7. The maximum absolute atomic E-state index is 12.7. The van der Waals surface area contributed by atoms with E-state index in [1.165, 1.54) is 22.5 Å². The van der Waals surface area contributed by atoms with Crippen LogP contribution in [0.2, 0.25) is 0 Å². The van der Waals surface area contributed by atoms with Gasteiger partial charge in [0.25, 0.3) is 17.1 Å². The van der Waals surface area contributed by atoms with E-state index < -0.39 is 87.2 Å². The number of nitrogens with two attached hydrogens (primary N) is 2. The Morgan fingerprint density at radius 2 is 1.67 bits per heavy atom. The summed E-state index contributed by atoms with van der Waals surface area (Å²) in [5, 5.41) is 42.3. The highest BCUT2D eigenvalue weighted by Gasteiger charge is 2.49. The predicted octanol–water partition coefficient (Wildman–Crippen LogP) is -3.95. The second-order valence-electron chi connectivity index (χ2n) is 10.7. The Kier molecular flexibility index (Phi) is 9.04. The van der Waals surface area contributed by atoms with Crippen LogP contribution in [0.1, 0.15) is 12.5 Å². The van der Waals surface area contributed by atoms with Gasteiger partial charge in [0, 0.05) is 5.75 Å². The topological polar surface area (TPSA) is 363 Å². The van der Waals surface area contributed by atoms with Gasteiger partial charge in [-0.1, -0.05) is 4.98 Å². The smallest absolute Gasteiger partial charge is 0.387 e. The minimum atomic E-state index is -5.34. The Bertz CT molecular complexity index is 2090. The lowest BCUT2D eigenvalue weighted by Crippen LogP contribution is -2.46. The van der Waals surface area contributed by atoms with Crippen LogP contribution in [-0.2, 0) is 34.5 Å². The number of aromatic amines is 2. The van der Waals surface area contributed by atoms with E-state index in [1.54, 1.807) is 0 Å². The summed E-state index contributed by atoms with van der Waals surface area (Å²) in [7, 11) is -3.82. The van der Waals surface area contributed by atoms with Gasteiger partial charge in [0.2, 0.25) is 17.7 Å². The number of aliphatic hydroxyl groups is 4. The van der Waals surface area contributed by atoms with E-state index in [1.807, 2.05) is 0 Å². The molecule has 27 heteroatoms. The molecule has 6 rings (SSSR count). The van der Waals surface area contributed by atoms with Gasteiger partial charge < -0.3 is 51.2 Å². The molecule has 0 amide bonds. The van der Waals surface area contributed by atoms with Crippen molar-refractivity contribution in [1.82, 2.24) is 34.1 Å². The van der Waals surface area contributed by atoms with Gasteiger partial charge in [-0.2, -0.15) is 9.29 Å². The zero-order valence-electron chi connectivity index (χ0n) is 24.3. The summed E-state index contributed by atoms with van der Waals surface area (Å²) in [5.74, 6) is -1.02. The van der Waals surface area contributed by atoms with E-state index in [-0.39, 0.29) is 45.6 Å². The molecule has 0 radical (unpaired) electrons. The van der Waals surface area contributed by atoms with Crippen LogP contribution in [0.5, 0.6) is 0 Å². The number of imidazole rings is 2. The normalized spacial score (nSPS) is 30.2. The van der Waals surface area contributed by atoms with Crippen LogP contribution in [0.3, 0.4) is 0 Å². The van der Waals surface area contributed by atoms with E-state index >= 15 is 0 Å². The van der Waals surface area contributed by atoms with E-state index in [0.717, 1.165) is 10.9 Å². The molecule has 0 aliphatic carbocycles. The molecule has 0 saturated carbocycles. The summed E-state index contributed by atoms with van der Waals surface area (Å²) in [6.07, 6.45) is -9.68.